The number of nitrogens with two attached hydrogens (primary N) is 1. The fourth-order valence-electron chi connectivity index (χ4n) is 0.905. The summed E-state index contributed by atoms with van der Waals surface area (Å²) in [5, 5.41) is 0. The molecule has 0 aliphatic heterocycles. The van der Waals surface area contributed by atoms with Crippen molar-refractivity contribution in [1.82, 2.24) is 4.98 Å². The molecule has 1 rings (SSSR count). The largest absolute Gasteiger partial charge is 0.413 e. The number of hydrogen-bond acceptors (Lipinski definition) is 4. The Balaban J connectivity index is 2.84. The van der Waals surface area contributed by atoms with Gasteiger partial charge < -0.3 is 9.05 Å². The summed E-state index contributed by atoms with van der Waals surface area (Å²) in [6.07, 6.45) is 1.52. The van der Waals surface area contributed by atoms with E-state index < -0.39 is 6.64 Å². The molecule has 1 atom stereocenters. The van der Waals surface area contributed by atoms with Gasteiger partial charge in [0, 0.05) is 10.7 Å². The molecule has 4 nitrogen and oxygen atoms in total. The van der Waals surface area contributed by atoms with E-state index in [4.69, 9.17) is 26.4 Å². The van der Waals surface area contributed by atoms with Crippen LogP contribution in [0.1, 0.15) is 13.8 Å². The first-order chi connectivity index (χ1) is 7.30. The molecule has 90 valence electrons. The van der Waals surface area contributed by atoms with Crippen LogP contribution in [0.5, 0.6) is 5.88 Å². The second-order valence-electron chi connectivity index (χ2n) is 3.23. The van der Waals surface area contributed by atoms with Gasteiger partial charge in [0.1, 0.15) is 0 Å². The van der Waals surface area contributed by atoms with Gasteiger partial charge in [0.25, 0.3) is 0 Å². The maximum absolute atomic E-state index is 5.77. The Morgan fingerprint density at radius 2 is 2.12 bits per heavy atom. The van der Waals surface area contributed by atoms with Crippen molar-refractivity contribution in [3.63, 3.8) is 0 Å². The van der Waals surface area contributed by atoms with Gasteiger partial charge in [0.2, 0.25) is 5.88 Å². The maximum atomic E-state index is 5.77. The lowest BCUT2D eigenvalue weighted by molar-refractivity contribution is 0.241. The van der Waals surface area contributed by atoms with Crippen molar-refractivity contribution in [3.8, 4) is 5.88 Å². The number of halogens is 2. The zero-order valence-electron chi connectivity index (χ0n) is 8.68. The maximum Gasteiger partial charge on any atom is 0.311 e. The first-order valence-electron chi connectivity index (χ1n) is 4.38. The van der Waals surface area contributed by atoms with Crippen LogP contribution in [-0.2, 0) is 16.3 Å². The zero-order valence-corrected chi connectivity index (χ0v) is 13.6. The van der Waals surface area contributed by atoms with Crippen LogP contribution in [0.4, 0.5) is 0 Å². The molecule has 8 heteroatoms. The molecule has 1 unspecified atom stereocenters. The van der Waals surface area contributed by atoms with Crippen LogP contribution in [0.15, 0.2) is 21.2 Å². The Morgan fingerprint density at radius 1 is 1.50 bits per heavy atom. The van der Waals surface area contributed by atoms with Gasteiger partial charge in [-0.05, 0) is 63.6 Å². The van der Waals surface area contributed by atoms with Crippen LogP contribution in [0.2, 0.25) is 0 Å². The fourth-order valence-corrected chi connectivity index (χ4v) is 3.84. The Hall–Kier alpha value is 0.480. The van der Waals surface area contributed by atoms with E-state index in [1.54, 1.807) is 12.3 Å². The predicted octanol–water partition coefficient (Wildman–Crippen LogP) is 3.59. The predicted molar refractivity (Wildman–Crippen MR) is 75.0 cm³/mol. The Bertz CT molecular complexity index is 430. The van der Waals surface area contributed by atoms with Gasteiger partial charge in [0.15, 0.2) is 0 Å². The van der Waals surface area contributed by atoms with E-state index >= 15 is 0 Å². The quantitative estimate of drug-likeness (QED) is 0.797. The fraction of sp³-hybridized carbons (Fsp3) is 0.375. The van der Waals surface area contributed by atoms with Crippen molar-refractivity contribution in [2.24, 2.45) is 5.50 Å². The summed E-state index contributed by atoms with van der Waals surface area (Å²) in [5.41, 5.74) is 5.77. The molecule has 16 heavy (non-hydrogen) atoms. The van der Waals surface area contributed by atoms with Crippen LogP contribution >= 0.6 is 38.5 Å². The van der Waals surface area contributed by atoms with Gasteiger partial charge in [-0.25, -0.2) is 10.5 Å². The first kappa shape index (κ1) is 14.5. The number of nitrogens with zero attached hydrogens (tertiary/aromatic N) is 1. The minimum Gasteiger partial charge on any atom is -0.413 e. The van der Waals surface area contributed by atoms with Crippen LogP contribution < -0.4 is 10.0 Å². The summed E-state index contributed by atoms with van der Waals surface area (Å²) in [4.78, 5) is 4.06. The highest BCUT2D eigenvalue weighted by Crippen LogP contribution is 2.43. The van der Waals surface area contributed by atoms with E-state index in [0.29, 0.717) is 10.4 Å². The zero-order chi connectivity index (χ0) is 12.3. The molecule has 0 radical (unpaired) electrons. The van der Waals surface area contributed by atoms with E-state index in [0.717, 1.165) is 4.47 Å². The molecular weight excluding hydrogens is 379 g/mol. The topological polar surface area (TPSA) is 57.4 Å². The lowest BCUT2D eigenvalue weighted by Crippen LogP contribution is -2.11. The van der Waals surface area contributed by atoms with Crippen LogP contribution in [-0.4, -0.2) is 11.1 Å². The van der Waals surface area contributed by atoms with Crippen LogP contribution in [0.3, 0.4) is 0 Å². The molecule has 1 heterocycles. The van der Waals surface area contributed by atoms with E-state index in [-0.39, 0.29) is 6.10 Å². The molecule has 0 saturated carbocycles. The molecule has 0 bridgehead atoms. The van der Waals surface area contributed by atoms with Crippen molar-refractivity contribution >= 4 is 50.3 Å². The van der Waals surface area contributed by atoms with Crippen LogP contribution in [0.25, 0.3) is 0 Å². The molecule has 0 amide bonds. The standard InChI is InChI=1S/C8H11Br2N2O2PS/c1-5(2)13-15(11,16)14-8-7(10)3-6(9)4-12-8/h3-5H,1-2H3,(H2,11,16). The smallest absolute Gasteiger partial charge is 0.311 e. The molecule has 0 fully saturated rings. The molecule has 0 aliphatic carbocycles. The number of hydrogen-bond donors (Lipinski definition) is 1. The van der Waals surface area contributed by atoms with E-state index in [9.17, 15) is 0 Å². The van der Waals surface area contributed by atoms with Gasteiger partial charge in [-0.15, -0.1) is 0 Å². The van der Waals surface area contributed by atoms with Crippen molar-refractivity contribution in [3.05, 3.63) is 21.2 Å². The summed E-state index contributed by atoms with van der Waals surface area (Å²) >= 11 is 11.7. The third-order valence-corrected chi connectivity index (χ3v) is 3.97. The van der Waals surface area contributed by atoms with Crippen LogP contribution in [0, 0.1) is 0 Å². The molecule has 2 N–H and O–H groups in total. The molecule has 0 spiro atoms. The first-order valence-corrected chi connectivity index (χ1v) is 8.67. The Morgan fingerprint density at radius 3 is 2.62 bits per heavy atom. The summed E-state index contributed by atoms with van der Waals surface area (Å²) < 4.78 is 12.2. The van der Waals surface area contributed by atoms with Crippen molar-refractivity contribution in [1.29, 1.82) is 0 Å². The number of rotatable bonds is 4. The highest BCUT2D eigenvalue weighted by atomic mass is 79.9. The molecule has 1 aromatic heterocycles. The second kappa shape index (κ2) is 5.89. The minimum absolute atomic E-state index is 0.0787. The Labute approximate surface area is 116 Å². The summed E-state index contributed by atoms with van der Waals surface area (Å²) in [7, 11) is 0. The molecule has 1 aromatic rings. The molecule has 0 saturated heterocycles. The van der Waals surface area contributed by atoms with E-state index in [1.165, 1.54) is 0 Å². The van der Waals surface area contributed by atoms with Gasteiger partial charge in [-0.3, -0.25) is 0 Å². The van der Waals surface area contributed by atoms with Gasteiger partial charge >= 0.3 is 6.64 Å². The highest BCUT2D eigenvalue weighted by Gasteiger charge is 2.18. The molecule has 0 aliphatic rings. The van der Waals surface area contributed by atoms with E-state index in [2.05, 4.69) is 36.8 Å². The average molecular weight is 390 g/mol. The van der Waals surface area contributed by atoms with Crippen molar-refractivity contribution < 1.29 is 9.05 Å². The van der Waals surface area contributed by atoms with Gasteiger partial charge in [0.05, 0.1) is 10.6 Å². The second-order valence-corrected chi connectivity index (χ2v) is 8.00. The monoisotopic (exact) mass is 388 g/mol. The van der Waals surface area contributed by atoms with Gasteiger partial charge in [-0.1, -0.05) is 0 Å². The highest BCUT2D eigenvalue weighted by molar-refractivity contribution is 9.11. The lowest BCUT2D eigenvalue weighted by atomic mass is 10.5. The molecular formula is C8H11Br2N2O2PS. The number of aromatic nitrogens is 1. The SMILES string of the molecule is CC(C)OP(N)(=S)Oc1ncc(Br)cc1Br. The summed E-state index contributed by atoms with van der Waals surface area (Å²) in [6, 6.07) is 1.80. The van der Waals surface area contributed by atoms with Crippen molar-refractivity contribution in [2.45, 2.75) is 20.0 Å². The van der Waals surface area contributed by atoms with Gasteiger partial charge in [-0.2, -0.15) is 0 Å². The Kier molecular flexibility index (Phi) is 5.35. The van der Waals surface area contributed by atoms with Crippen molar-refractivity contribution in [2.75, 3.05) is 0 Å². The molecule has 0 aromatic carbocycles. The average Bonchev–Trinajstić information content (AvgIpc) is 2.07. The minimum atomic E-state index is -2.79. The number of pyridine rings is 1. The third-order valence-electron chi connectivity index (χ3n) is 1.35. The summed E-state index contributed by atoms with van der Waals surface area (Å²) in [6.45, 7) is 0.910. The lowest BCUT2D eigenvalue weighted by Gasteiger charge is -2.20. The third kappa shape index (κ3) is 4.77. The van der Waals surface area contributed by atoms with E-state index in [1.807, 2.05) is 13.8 Å². The summed E-state index contributed by atoms with van der Waals surface area (Å²) in [5.74, 6) is 0.342. The normalized spacial score (nSPS) is 14.9.